The zero-order valence-electron chi connectivity index (χ0n) is 10.5. The van der Waals surface area contributed by atoms with Crippen LogP contribution in [0, 0.1) is 17.1 Å². The number of halogens is 1. The molecule has 20 heavy (non-hydrogen) atoms. The van der Waals surface area contributed by atoms with Gasteiger partial charge in [-0.2, -0.15) is 5.26 Å². The van der Waals surface area contributed by atoms with E-state index in [1.807, 2.05) is 6.07 Å². The second kappa shape index (κ2) is 6.73. The Balaban J connectivity index is 1.93. The number of nitrogens with one attached hydrogen (secondary N) is 1. The molecule has 0 fully saturated rings. The molecule has 0 aliphatic carbocycles. The first-order chi connectivity index (χ1) is 9.69. The molecule has 0 unspecified atom stereocenters. The second-order valence-corrected chi connectivity index (χ2v) is 5.00. The van der Waals surface area contributed by atoms with Crippen molar-refractivity contribution in [3.8, 4) is 6.07 Å². The van der Waals surface area contributed by atoms with Crippen molar-refractivity contribution in [1.82, 2.24) is 0 Å². The second-order valence-electron chi connectivity index (χ2n) is 3.95. The third-order valence-electron chi connectivity index (χ3n) is 2.51. The number of nitriles is 1. The summed E-state index contributed by atoms with van der Waals surface area (Å²) in [6.07, 6.45) is 0. The Hall–Kier alpha value is -2.32. The number of amides is 1. The number of para-hydroxylation sites is 1. The van der Waals surface area contributed by atoms with Crippen LogP contribution >= 0.6 is 11.8 Å². The van der Waals surface area contributed by atoms with Gasteiger partial charge in [-0.3, -0.25) is 4.79 Å². The van der Waals surface area contributed by atoms with Crippen molar-refractivity contribution in [1.29, 1.82) is 5.26 Å². The minimum absolute atomic E-state index is 0.200. The summed E-state index contributed by atoms with van der Waals surface area (Å²) in [6.45, 7) is 0. The summed E-state index contributed by atoms with van der Waals surface area (Å²) in [5.41, 5.74) is 0.923. The van der Waals surface area contributed by atoms with Gasteiger partial charge in [0.1, 0.15) is 11.9 Å². The Labute approximate surface area is 120 Å². The van der Waals surface area contributed by atoms with Crippen molar-refractivity contribution in [3.05, 3.63) is 59.9 Å². The van der Waals surface area contributed by atoms with E-state index < -0.39 is 0 Å². The molecule has 0 saturated heterocycles. The Morgan fingerprint density at radius 1 is 1.20 bits per heavy atom. The number of thioether (sulfide) groups is 1. The van der Waals surface area contributed by atoms with Crippen LogP contribution in [-0.2, 0) is 4.79 Å². The Kier molecular flexibility index (Phi) is 4.75. The molecule has 0 bridgehead atoms. The highest BCUT2D eigenvalue weighted by Gasteiger charge is 2.06. The molecule has 2 aromatic carbocycles. The largest absolute Gasteiger partial charge is 0.324 e. The van der Waals surface area contributed by atoms with Gasteiger partial charge >= 0.3 is 0 Å². The van der Waals surface area contributed by atoms with Gasteiger partial charge in [0.05, 0.1) is 17.0 Å². The average Bonchev–Trinajstić information content (AvgIpc) is 2.47. The van der Waals surface area contributed by atoms with Gasteiger partial charge in [0.15, 0.2) is 0 Å². The van der Waals surface area contributed by atoms with Gasteiger partial charge in [0.2, 0.25) is 5.91 Å². The maximum atomic E-state index is 12.7. The maximum Gasteiger partial charge on any atom is 0.234 e. The third-order valence-corrected chi connectivity index (χ3v) is 3.52. The molecule has 1 amide bonds. The van der Waals surface area contributed by atoms with Gasteiger partial charge in [0.25, 0.3) is 0 Å². The molecule has 0 atom stereocenters. The molecule has 0 aromatic heterocycles. The van der Waals surface area contributed by atoms with Gasteiger partial charge in [-0.25, -0.2) is 4.39 Å². The summed E-state index contributed by atoms with van der Waals surface area (Å²) in [7, 11) is 0. The van der Waals surface area contributed by atoms with Gasteiger partial charge in [-0.05, 0) is 36.4 Å². The molecule has 0 spiro atoms. The number of rotatable bonds is 4. The SMILES string of the molecule is N#Cc1ccccc1NC(=O)CSc1ccc(F)cc1. The first-order valence-corrected chi connectivity index (χ1v) is 6.85. The molecular weight excluding hydrogens is 275 g/mol. The van der Waals surface area contributed by atoms with Crippen molar-refractivity contribution < 1.29 is 9.18 Å². The fourth-order valence-electron chi connectivity index (χ4n) is 1.56. The van der Waals surface area contributed by atoms with E-state index in [0.717, 1.165) is 4.90 Å². The van der Waals surface area contributed by atoms with Gasteiger partial charge in [-0.1, -0.05) is 12.1 Å². The van der Waals surface area contributed by atoms with Crippen molar-refractivity contribution >= 4 is 23.4 Å². The molecule has 0 aliphatic rings. The first-order valence-electron chi connectivity index (χ1n) is 5.86. The molecule has 0 radical (unpaired) electrons. The van der Waals surface area contributed by atoms with E-state index in [1.54, 1.807) is 36.4 Å². The van der Waals surface area contributed by atoms with Crippen LogP contribution in [0.2, 0.25) is 0 Å². The lowest BCUT2D eigenvalue weighted by Gasteiger charge is -2.06. The van der Waals surface area contributed by atoms with Crippen molar-refractivity contribution in [2.24, 2.45) is 0 Å². The number of nitrogens with zero attached hydrogens (tertiary/aromatic N) is 1. The average molecular weight is 286 g/mol. The topological polar surface area (TPSA) is 52.9 Å². The summed E-state index contributed by atoms with van der Waals surface area (Å²) in [4.78, 5) is 12.6. The van der Waals surface area contributed by atoms with Crippen LogP contribution in [0.1, 0.15) is 5.56 Å². The number of carbonyl (C=O) groups is 1. The molecule has 100 valence electrons. The Bertz CT molecular complexity index is 650. The molecule has 3 nitrogen and oxygen atoms in total. The van der Waals surface area contributed by atoms with Gasteiger partial charge in [-0.15, -0.1) is 11.8 Å². The van der Waals surface area contributed by atoms with Gasteiger partial charge < -0.3 is 5.32 Å². The highest BCUT2D eigenvalue weighted by Crippen LogP contribution is 2.19. The Morgan fingerprint density at radius 2 is 1.90 bits per heavy atom. The summed E-state index contributed by atoms with van der Waals surface area (Å²) >= 11 is 1.31. The smallest absolute Gasteiger partial charge is 0.234 e. The fourth-order valence-corrected chi connectivity index (χ4v) is 2.25. The van der Waals surface area contributed by atoms with E-state index in [0.29, 0.717) is 11.3 Å². The van der Waals surface area contributed by atoms with E-state index in [9.17, 15) is 9.18 Å². The summed E-state index contributed by atoms with van der Waals surface area (Å²) in [5.74, 6) is -0.311. The lowest BCUT2D eigenvalue weighted by atomic mass is 10.2. The van der Waals surface area contributed by atoms with Crippen molar-refractivity contribution in [2.45, 2.75) is 4.90 Å². The van der Waals surface area contributed by atoms with Crippen LogP contribution < -0.4 is 5.32 Å². The van der Waals surface area contributed by atoms with Crippen LogP contribution in [0.25, 0.3) is 0 Å². The first kappa shape index (κ1) is 14.1. The predicted octanol–water partition coefficient (Wildman–Crippen LogP) is 3.43. The standard InChI is InChI=1S/C15H11FN2OS/c16-12-5-7-13(8-6-12)20-10-15(19)18-14-4-2-1-3-11(14)9-17/h1-8H,10H2,(H,18,19). The molecule has 0 saturated carbocycles. The van der Waals surface area contributed by atoms with Gasteiger partial charge in [0, 0.05) is 4.90 Å². The number of benzene rings is 2. The Morgan fingerprint density at radius 3 is 2.60 bits per heavy atom. The lowest BCUT2D eigenvalue weighted by Crippen LogP contribution is -2.14. The number of hydrogen-bond donors (Lipinski definition) is 1. The van der Waals surface area contributed by atoms with E-state index in [4.69, 9.17) is 5.26 Å². The zero-order valence-corrected chi connectivity index (χ0v) is 11.3. The number of hydrogen-bond acceptors (Lipinski definition) is 3. The van der Waals surface area contributed by atoms with E-state index in [1.165, 1.54) is 23.9 Å². The van der Waals surface area contributed by atoms with E-state index >= 15 is 0 Å². The van der Waals surface area contributed by atoms with Crippen LogP contribution in [0.3, 0.4) is 0 Å². The normalized spacial score (nSPS) is 9.80. The zero-order chi connectivity index (χ0) is 14.4. The highest BCUT2D eigenvalue weighted by molar-refractivity contribution is 8.00. The minimum Gasteiger partial charge on any atom is -0.324 e. The summed E-state index contributed by atoms with van der Waals surface area (Å²) < 4.78 is 12.7. The van der Waals surface area contributed by atoms with E-state index in [2.05, 4.69) is 5.32 Å². The van der Waals surface area contributed by atoms with E-state index in [-0.39, 0.29) is 17.5 Å². The molecule has 1 N–H and O–H groups in total. The highest BCUT2D eigenvalue weighted by atomic mass is 32.2. The molecular formula is C15H11FN2OS. The van der Waals surface area contributed by atoms with Crippen LogP contribution in [-0.4, -0.2) is 11.7 Å². The molecule has 5 heteroatoms. The molecule has 0 heterocycles. The van der Waals surface area contributed by atoms with Crippen molar-refractivity contribution in [3.63, 3.8) is 0 Å². The molecule has 2 rings (SSSR count). The number of carbonyl (C=O) groups excluding carboxylic acids is 1. The van der Waals surface area contributed by atoms with Crippen molar-refractivity contribution in [2.75, 3.05) is 11.1 Å². The molecule has 0 aliphatic heterocycles. The number of anilines is 1. The fraction of sp³-hybridized carbons (Fsp3) is 0.0667. The van der Waals surface area contributed by atoms with Crippen LogP contribution in [0.4, 0.5) is 10.1 Å². The summed E-state index contributed by atoms with van der Waals surface area (Å²) in [5, 5.41) is 11.6. The molecule has 2 aromatic rings. The van der Waals surface area contributed by atoms with Crippen LogP contribution in [0.5, 0.6) is 0 Å². The quantitative estimate of drug-likeness (QED) is 0.876. The van der Waals surface area contributed by atoms with Crippen LogP contribution in [0.15, 0.2) is 53.4 Å². The lowest BCUT2D eigenvalue weighted by molar-refractivity contribution is -0.113. The maximum absolute atomic E-state index is 12.7. The summed E-state index contributed by atoms with van der Waals surface area (Å²) in [6, 6.07) is 14.8. The third kappa shape index (κ3) is 3.84. The minimum atomic E-state index is -0.304. The monoisotopic (exact) mass is 286 g/mol. The predicted molar refractivity (Wildman–Crippen MR) is 76.9 cm³/mol.